The molecule has 4 rings (SSSR count). The molecule has 0 spiro atoms. The van der Waals surface area contributed by atoms with Crippen molar-refractivity contribution in [3.05, 3.63) is 48.7 Å². The molecule has 0 aliphatic carbocycles. The minimum atomic E-state index is -0.112. The Labute approximate surface area is 164 Å². The average molecular weight is 379 g/mol. The second-order valence-corrected chi connectivity index (χ2v) is 7.29. The zero-order valence-corrected chi connectivity index (χ0v) is 16.0. The second-order valence-electron chi connectivity index (χ2n) is 7.29. The first kappa shape index (κ1) is 18.3. The van der Waals surface area contributed by atoms with E-state index in [0.29, 0.717) is 25.2 Å². The Kier molecular flexibility index (Phi) is 5.14. The maximum Gasteiger partial charge on any atom is 0.321 e. The van der Waals surface area contributed by atoms with Crippen molar-refractivity contribution in [3.8, 4) is 0 Å². The van der Waals surface area contributed by atoms with Crippen molar-refractivity contribution in [2.75, 3.05) is 41.3 Å². The third kappa shape index (κ3) is 3.78. The molecular weight excluding hydrogens is 354 g/mol. The van der Waals surface area contributed by atoms with E-state index in [-0.39, 0.29) is 18.0 Å². The largest absolute Gasteiger partial charge is 0.353 e. The lowest BCUT2D eigenvalue weighted by Gasteiger charge is -2.35. The summed E-state index contributed by atoms with van der Waals surface area (Å²) in [6, 6.07) is 13.5. The fourth-order valence-corrected chi connectivity index (χ4v) is 3.84. The molecule has 2 aliphatic heterocycles. The Bertz CT molecular complexity index is 849. The lowest BCUT2D eigenvalue weighted by molar-refractivity contribution is -0.117. The van der Waals surface area contributed by atoms with Crippen LogP contribution in [0, 0.1) is 0 Å². The first-order chi connectivity index (χ1) is 13.6. The van der Waals surface area contributed by atoms with Crippen LogP contribution in [0.1, 0.15) is 19.8 Å². The van der Waals surface area contributed by atoms with Gasteiger partial charge in [-0.25, -0.2) is 9.78 Å². The molecule has 2 aromatic rings. The van der Waals surface area contributed by atoms with Gasteiger partial charge >= 0.3 is 6.03 Å². The molecule has 0 bridgehead atoms. The van der Waals surface area contributed by atoms with Crippen molar-refractivity contribution in [1.82, 2.24) is 9.88 Å². The molecule has 1 aromatic heterocycles. The molecule has 0 unspecified atom stereocenters. The van der Waals surface area contributed by atoms with Crippen LogP contribution in [-0.2, 0) is 4.79 Å². The summed E-state index contributed by atoms with van der Waals surface area (Å²) < 4.78 is 0. The minimum absolute atomic E-state index is 0.112. The van der Waals surface area contributed by atoms with Crippen molar-refractivity contribution in [1.29, 1.82) is 0 Å². The van der Waals surface area contributed by atoms with E-state index in [2.05, 4.69) is 22.1 Å². The number of amides is 3. The van der Waals surface area contributed by atoms with Crippen molar-refractivity contribution in [3.63, 3.8) is 0 Å². The fourth-order valence-electron chi connectivity index (χ4n) is 3.84. The molecular formula is C21H25N5O2. The van der Waals surface area contributed by atoms with Crippen molar-refractivity contribution < 1.29 is 9.59 Å². The Hall–Kier alpha value is -3.09. The molecule has 7 nitrogen and oxygen atoms in total. The van der Waals surface area contributed by atoms with Gasteiger partial charge in [-0.15, -0.1) is 0 Å². The number of anilines is 3. The molecule has 0 saturated carbocycles. The quantitative estimate of drug-likeness (QED) is 0.890. The lowest BCUT2D eigenvalue weighted by Crippen LogP contribution is -2.50. The van der Waals surface area contributed by atoms with Crippen LogP contribution in [0.2, 0.25) is 0 Å². The molecule has 3 amide bonds. The van der Waals surface area contributed by atoms with Crippen LogP contribution in [0.5, 0.6) is 0 Å². The molecule has 1 aromatic carbocycles. The molecule has 28 heavy (non-hydrogen) atoms. The Morgan fingerprint density at radius 2 is 1.93 bits per heavy atom. The molecule has 1 atom stereocenters. The van der Waals surface area contributed by atoms with Crippen molar-refractivity contribution in [2.45, 2.75) is 25.8 Å². The van der Waals surface area contributed by atoms with E-state index in [0.717, 1.165) is 31.0 Å². The van der Waals surface area contributed by atoms with Gasteiger partial charge in [0, 0.05) is 56.2 Å². The molecule has 1 N–H and O–H groups in total. The molecule has 0 radical (unpaired) electrons. The lowest BCUT2D eigenvalue weighted by atomic mass is 10.2. The minimum Gasteiger partial charge on any atom is -0.353 e. The number of hydrogen-bond donors (Lipinski definition) is 1. The Balaban J connectivity index is 1.37. The van der Waals surface area contributed by atoms with Crippen LogP contribution < -0.4 is 15.1 Å². The fraction of sp³-hybridized carbons (Fsp3) is 0.381. The number of piperazine rings is 1. The summed E-state index contributed by atoms with van der Waals surface area (Å²) in [6.45, 7) is 4.85. The van der Waals surface area contributed by atoms with Gasteiger partial charge in [-0.1, -0.05) is 12.1 Å². The van der Waals surface area contributed by atoms with Crippen LogP contribution in [0.4, 0.5) is 22.0 Å². The molecule has 3 heterocycles. The van der Waals surface area contributed by atoms with Gasteiger partial charge in [-0.2, -0.15) is 0 Å². The van der Waals surface area contributed by atoms with Crippen molar-refractivity contribution in [2.24, 2.45) is 0 Å². The number of pyridine rings is 1. The highest BCUT2D eigenvalue weighted by Crippen LogP contribution is 2.28. The zero-order valence-electron chi connectivity index (χ0n) is 16.0. The highest BCUT2D eigenvalue weighted by molar-refractivity contribution is 5.97. The van der Waals surface area contributed by atoms with Crippen LogP contribution in [0.15, 0.2) is 48.7 Å². The predicted molar refractivity (Wildman–Crippen MR) is 110 cm³/mol. The van der Waals surface area contributed by atoms with E-state index in [9.17, 15) is 9.59 Å². The van der Waals surface area contributed by atoms with Crippen LogP contribution >= 0.6 is 0 Å². The van der Waals surface area contributed by atoms with Gasteiger partial charge in [-0.05, 0) is 43.7 Å². The first-order valence-electron chi connectivity index (χ1n) is 9.76. The number of aromatic nitrogens is 1. The first-order valence-corrected chi connectivity index (χ1v) is 9.76. The summed E-state index contributed by atoms with van der Waals surface area (Å²) in [5, 5.41) is 2.97. The number of carbonyl (C=O) groups excluding carboxylic acids is 2. The van der Waals surface area contributed by atoms with Crippen LogP contribution in [0.25, 0.3) is 0 Å². The monoisotopic (exact) mass is 379 g/mol. The van der Waals surface area contributed by atoms with Crippen LogP contribution in [-0.4, -0.2) is 54.0 Å². The van der Waals surface area contributed by atoms with Gasteiger partial charge < -0.3 is 20.0 Å². The number of carbonyl (C=O) groups is 2. The maximum absolute atomic E-state index is 12.7. The summed E-state index contributed by atoms with van der Waals surface area (Å²) >= 11 is 0. The molecule has 2 aliphatic rings. The standard InChI is InChI=1S/C21H25N5O2/c1-16-8-9-20(27)26(16)18-6-4-5-17(15-18)23-21(28)25-13-11-24(12-14-25)19-7-2-3-10-22-19/h2-7,10,15-16H,8-9,11-14H2,1H3,(H,23,28)/t16-/m1/s1. The summed E-state index contributed by atoms with van der Waals surface area (Å²) in [6.07, 6.45) is 3.24. The third-order valence-corrected chi connectivity index (χ3v) is 5.40. The van der Waals surface area contributed by atoms with Crippen LogP contribution in [0.3, 0.4) is 0 Å². The summed E-state index contributed by atoms with van der Waals surface area (Å²) in [5.74, 6) is 1.08. The molecule has 7 heteroatoms. The van der Waals surface area contributed by atoms with E-state index in [4.69, 9.17) is 0 Å². The van der Waals surface area contributed by atoms with E-state index >= 15 is 0 Å². The smallest absolute Gasteiger partial charge is 0.321 e. The number of hydrogen-bond acceptors (Lipinski definition) is 4. The van der Waals surface area contributed by atoms with Gasteiger partial charge in [0.05, 0.1) is 0 Å². The van der Waals surface area contributed by atoms with Gasteiger partial charge in [0.2, 0.25) is 5.91 Å². The Morgan fingerprint density at radius 3 is 2.61 bits per heavy atom. The molecule has 146 valence electrons. The average Bonchev–Trinajstić information content (AvgIpc) is 3.07. The topological polar surface area (TPSA) is 68.8 Å². The Morgan fingerprint density at radius 1 is 1.11 bits per heavy atom. The van der Waals surface area contributed by atoms with E-state index < -0.39 is 0 Å². The van der Waals surface area contributed by atoms with Gasteiger partial charge in [0.1, 0.15) is 5.82 Å². The predicted octanol–water partition coefficient (Wildman–Crippen LogP) is 2.95. The number of nitrogens with one attached hydrogen (secondary N) is 1. The number of rotatable bonds is 3. The highest BCUT2D eigenvalue weighted by Gasteiger charge is 2.29. The van der Waals surface area contributed by atoms with Gasteiger partial charge in [0.15, 0.2) is 0 Å². The normalized spacial score (nSPS) is 19.8. The van der Waals surface area contributed by atoms with E-state index in [1.165, 1.54) is 0 Å². The number of urea groups is 1. The summed E-state index contributed by atoms with van der Waals surface area (Å²) in [4.78, 5) is 35.0. The van der Waals surface area contributed by atoms with E-state index in [1.807, 2.05) is 52.3 Å². The number of benzene rings is 1. The second kappa shape index (κ2) is 7.88. The molecule has 2 fully saturated rings. The van der Waals surface area contributed by atoms with Gasteiger partial charge in [0.25, 0.3) is 0 Å². The highest BCUT2D eigenvalue weighted by atomic mass is 16.2. The van der Waals surface area contributed by atoms with Crippen molar-refractivity contribution >= 4 is 29.1 Å². The van der Waals surface area contributed by atoms with Gasteiger partial charge in [-0.3, -0.25) is 4.79 Å². The number of nitrogens with zero attached hydrogens (tertiary/aromatic N) is 4. The zero-order chi connectivity index (χ0) is 19.5. The van der Waals surface area contributed by atoms with E-state index in [1.54, 1.807) is 6.20 Å². The SMILES string of the molecule is C[C@@H]1CCC(=O)N1c1cccc(NC(=O)N2CCN(c3ccccn3)CC2)c1. The third-order valence-electron chi connectivity index (χ3n) is 5.40. The summed E-state index contributed by atoms with van der Waals surface area (Å²) in [7, 11) is 0. The summed E-state index contributed by atoms with van der Waals surface area (Å²) in [5.41, 5.74) is 1.55. The maximum atomic E-state index is 12.7. The molecule has 2 saturated heterocycles.